The van der Waals surface area contributed by atoms with Crippen molar-refractivity contribution < 1.29 is 4.74 Å². The molecule has 1 saturated heterocycles. The fourth-order valence-corrected chi connectivity index (χ4v) is 3.33. The zero-order valence-electron chi connectivity index (χ0n) is 9.18. The van der Waals surface area contributed by atoms with Gasteiger partial charge in [0.2, 0.25) is 0 Å². The molecule has 0 bridgehead atoms. The first kappa shape index (κ1) is 9.51. The van der Waals surface area contributed by atoms with Gasteiger partial charge in [0.25, 0.3) is 0 Å². The molecule has 1 heteroatoms. The Morgan fingerprint density at radius 2 is 2.00 bits per heavy atom. The maximum atomic E-state index is 5.90. The van der Waals surface area contributed by atoms with Crippen molar-refractivity contribution in [3.8, 4) is 0 Å². The summed E-state index contributed by atoms with van der Waals surface area (Å²) in [6.45, 7) is 8.09. The monoisotopic (exact) mass is 182 g/mol. The van der Waals surface area contributed by atoms with Crippen LogP contribution >= 0.6 is 0 Å². The molecule has 2 rings (SSSR count). The standard InChI is InChI=1S/C12H22O/c1-9(2)11-5-4-10(3)8-12(11)6-7-13-12/h9-11H,4-8H2,1-3H3/t10-,11+,12+/m0/s1. The van der Waals surface area contributed by atoms with Gasteiger partial charge in [-0.25, -0.2) is 0 Å². The predicted octanol–water partition coefficient (Wildman–Crippen LogP) is 3.24. The first-order valence-corrected chi connectivity index (χ1v) is 5.78. The highest BCUT2D eigenvalue weighted by molar-refractivity contribution is 4.99. The van der Waals surface area contributed by atoms with E-state index in [4.69, 9.17) is 4.74 Å². The summed E-state index contributed by atoms with van der Waals surface area (Å²) in [6, 6.07) is 0. The molecule has 1 aliphatic carbocycles. The van der Waals surface area contributed by atoms with Gasteiger partial charge in [-0.2, -0.15) is 0 Å². The van der Waals surface area contributed by atoms with Crippen LogP contribution in [0.4, 0.5) is 0 Å². The Labute approximate surface area is 81.9 Å². The molecule has 1 spiro atoms. The van der Waals surface area contributed by atoms with Crippen LogP contribution in [0.3, 0.4) is 0 Å². The SMILES string of the molecule is CC(C)[C@H]1CC[C@H](C)C[C@]12CCO2. The second kappa shape index (κ2) is 3.27. The van der Waals surface area contributed by atoms with Gasteiger partial charge in [0.05, 0.1) is 12.2 Å². The number of hydrogen-bond acceptors (Lipinski definition) is 1. The summed E-state index contributed by atoms with van der Waals surface area (Å²) in [5, 5.41) is 0. The van der Waals surface area contributed by atoms with E-state index in [0.29, 0.717) is 5.60 Å². The molecule has 0 N–H and O–H groups in total. The molecule has 2 aliphatic rings. The van der Waals surface area contributed by atoms with Crippen LogP contribution < -0.4 is 0 Å². The van der Waals surface area contributed by atoms with Crippen molar-refractivity contribution in [2.24, 2.45) is 17.8 Å². The van der Waals surface area contributed by atoms with Gasteiger partial charge < -0.3 is 4.74 Å². The summed E-state index contributed by atoms with van der Waals surface area (Å²) in [4.78, 5) is 0. The number of rotatable bonds is 1. The highest BCUT2D eigenvalue weighted by atomic mass is 16.5. The zero-order chi connectivity index (χ0) is 9.47. The van der Waals surface area contributed by atoms with Crippen LogP contribution in [0.2, 0.25) is 0 Å². The molecule has 1 heterocycles. The van der Waals surface area contributed by atoms with Gasteiger partial charge in [-0.15, -0.1) is 0 Å². The highest BCUT2D eigenvalue weighted by Crippen LogP contribution is 2.49. The molecule has 0 aromatic heterocycles. The van der Waals surface area contributed by atoms with Gasteiger partial charge in [-0.3, -0.25) is 0 Å². The van der Waals surface area contributed by atoms with Gasteiger partial charge in [-0.1, -0.05) is 27.2 Å². The van der Waals surface area contributed by atoms with E-state index >= 15 is 0 Å². The van der Waals surface area contributed by atoms with E-state index in [9.17, 15) is 0 Å². The van der Waals surface area contributed by atoms with Crippen LogP contribution in [0.15, 0.2) is 0 Å². The van der Waals surface area contributed by atoms with Crippen LogP contribution in [0.5, 0.6) is 0 Å². The molecular weight excluding hydrogens is 160 g/mol. The maximum absolute atomic E-state index is 5.90. The smallest absolute Gasteiger partial charge is 0.0737 e. The average Bonchev–Trinajstić information content (AvgIpc) is 2.00. The normalized spacial score (nSPS) is 45.2. The van der Waals surface area contributed by atoms with Gasteiger partial charge in [-0.05, 0) is 30.6 Å². The molecule has 0 aromatic carbocycles. The molecule has 0 amide bonds. The lowest BCUT2D eigenvalue weighted by atomic mass is 9.64. The second-order valence-corrected chi connectivity index (χ2v) is 5.40. The molecule has 0 unspecified atom stereocenters. The highest BCUT2D eigenvalue weighted by Gasteiger charge is 2.49. The molecule has 3 atom stereocenters. The summed E-state index contributed by atoms with van der Waals surface area (Å²) in [5.74, 6) is 2.51. The van der Waals surface area contributed by atoms with Crippen LogP contribution in [0, 0.1) is 17.8 Å². The summed E-state index contributed by atoms with van der Waals surface area (Å²) < 4.78 is 5.90. The molecule has 1 saturated carbocycles. The molecule has 76 valence electrons. The lowest BCUT2D eigenvalue weighted by Gasteiger charge is -2.53. The second-order valence-electron chi connectivity index (χ2n) is 5.40. The van der Waals surface area contributed by atoms with Crippen molar-refractivity contribution in [1.29, 1.82) is 0 Å². The van der Waals surface area contributed by atoms with Crippen LogP contribution in [-0.2, 0) is 4.74 Å². The molecule has 1 nitrogen and oxygen atoms in total. The van der Waals surface area contributed by atoms with Crippen LogP contribution in [0.1, 0.15) is 46.5 Å². The molecule has 1 aliphatic heterocycles. The van der Waals surface area contributed by atoms with E-state index in [1.54, 1.807) is 0 Å². The van der Waals surface area contributed by atoms with Crippen molar-refractivity contribution in [3.05, 3.63) is 0 Å². The maximum Gasteiger partial charge on any atom is 0.0737 e. The van der Waals surface area contributed by atoms with Crippen molar-refractivity contribution in [2.45, 2.75) is 52.1 Å². The zero-order valence-corrected chi connectivity index (χ0v) is 9.18. The van der Waals surface area contributed by atoms with E-state index in [1.807, 2.05) is 0 Å². The minimum absolute atomic E-state index is 0.311. The minimum Gasteiger partial charge on any atom is -0.374 e. The minimum atomic E-state index is 0.311. The van der Waals surface area contributed by atoms with Gasteiger partial charge >= 0.3 is 0 Å². The quantitative estimate of drug-likeness (QED) is 0.605. The molecular formula is C12H22O. The Bertz CT molecular complexity index is 182. The average molecular weight is 182 g/mol. The van der Waals surface area contributed by atoms with E-state index < -0.39 is 0 Å². The molecule has 2 fully saturated rings. The first-order valence-electron chi connectivity index (χ1n) is 5.78. The fourth-order valence-electron chi connectivity index (χ4n) is 3.33. The molecule has 13 heavy (non-hydrogen) atoms. The topological polar surface area (TPSA) is 9.23 Å². The third-order valence-electron chi connectivity index (χ3n) is 4.06. The Morgan fingerprint density at radius 1 is 1.31 bits per heavy atom. The van der Waals surface area contributed by atoms with Crippen LogP contribution in [-0.4, -0.2) is 12.2 Å². The van der Waals surface area contributed by atoms with E-state index in [-0.39, 0.29) is 0 Å². The summed E-state index contributed by atoms with van der Waals surface area (Å²) in [6.07, 6.45) is 5.43. The van der Waals surface area contributed by atoms with Crippen molar-refractivity contribution in [1.82, 2.24) is 0 Å². The molecule has 0 aromatic rings. The number of ether oxygens (including phenoxy) is 1. The fraction of sp³-hybridized carbons (Fsp3) is 1.00. The van der Waals surface area contributed by atoms with Crippen LogP contribution in [0.25, 0.3) is 0 Å². The largest absolute Gasteiger partial charge is 0.374 e. The van der Waals surface area contributed by atoms with Gasteiger partial charge in [0.1, 0.15) is 0 Å². The van der Waals surface area contributed by atoms with Gasteiger partial charge in [0.15, 0.2) is 0 Å². The Morgan fingerprint density at radius 3 is 2.46 bits per heavy atom. The van der Waals surface area contributed by atoms with E-state index in [0.717, 1.165) is 24.4 Å². The van der Waals surface area contributed by atoms with Gasteiger partial charge in [0, 0.05) is 6.42 Å². The Hall–Kier alpha value is -0.0400. The Kier molecular flexibility index (Phi) is 2.39. The van der Waals surface area contributed by atoms with E-state index in [2.05, 4.69) is 20.8 Å². The number of hydrogen-bond donors (Lipinski definition) is 0. The third kappa shape index (κ3) is 1.52. The predicted molar refractivity (Wildman–Crippen MR) is 54.6 cm³/mol. The summed E-state index contributed by atoms with van der Waals surface area (Å²) in [5.41, 5.74) is 0.311. The summed E-state index contributed by atoms with van der Waals surface area (Å²) in [7, 11) is 0. The lowest BCUT2D eigenvalue weighted by Crippen LogP contribution is -2.54. The summed E-state index contributed by atoms with van der Waals surface area (Å²) >= 11 is 0. The van der Waals surface area contributed by atoms with Crippen molar-refractivity contribution >= 4 is 0 Å². The molecule has 0 radical (unpaired) electrons. The first-order chi connectivity index (χ1) is 6.14. The third-order valence-corrected chi connectivity index (χ3v) is 4.06. The lowest BCUT2D eigenvalue weighted by molar-refractivity contribution is -0.213. The van der Waals surface area contributed by atoms with Crippen molar-refractivity contribution in [3.63, 3.8) is 0 Å². The Balaban J connectivity index is 2.08. The van der Waals surface area contributed by atoms with Crippen molar-refractivity contribution in [2.75, 3.05) is 6.61 Å². The van der Waals surface area contributed by atoms with E-state index in [1.165, 1.54) is 25.7 Å².